The van der Waals surface area contributed by atoms with E-state index in [0.29, 0.717) is 26.9 Å². The molecule has 6 rings (SSSR count). The topological polar surface area (TPSA) is 109 Å². The van der Waals surface area contributed by atoms with Gasteiger partial charge in [0.25, 0.3) is 5.91 Å². The summed E-state index contributed by atoms with van der Waals surface area (Å²) in [4.78, 5) is 56.1. The van der Waals surface area contributed by atoms with Gasteiger partial charge in [0.2, 0.25) is 11.8 Å². The van der Waals surface area contributed by atoms with E-state index in [2.05, 4.69) is 10.3 Å². The van der Waals surface area contributed by atoms with Crippen molar-refractivity contribution < 1.29 is 32.3 Å². The highest BCUT2D eigenvalue weighted by molar-refractivity contribution is 8.00. The normalized spacial score (nSPS) is 19.8. The standard InChI is InChI=1S/C29H20F3N3O5S2/c30-29(31,32)16-5-4-6-17(13-16)33-20(36)14-40-19-11-9-15(10-12-19)21-22-24(41-25-23(21)42-28(39)34-25)27(38)35(26(22)37)18-7-2-1-3-8-18/h1-13,21-22,24H,14H2,(H,33,36)(H,34,39)/t21-,22-,24+/m0/s1. The minimum Gasteiger partial charge on any atom is -0.484 e. The van der Waals surface area contributed by atoms with Crippen molar-refractivity contribution >= 4 is 52.2 Å². The van der Waals surface area contributed by atoms with Crippen LogP contribution in [0.5, 0.6) is 5.75 Å². The summed E-state index contributed by atoms with van der Waals surface area (Å²) in [5.41, 5.74) is 0.258. The van der Waals surface area contributed by atoms with E-state index in [9.17, 15) is 32.3 Å². The molecule has 3 heterocycles. The number of aromatic nitrogens is 1. The number of halogens is 3. The van der Waals surface area contributed by atoms with Gasteiger partial charge >= 0.3 is 11.0 Å². The minimum atomic E-state index is -4.54. The number of aromatic amines is 1. The Morgan fingerprint density at radius 3 is 2.40 bits per heavy atom. The Balaban J connectivity index is 1.20. The molecule has 3 atom stereocenters. The average Bonchev–Trinajstić information content (AvgIpc) is 3.46. The highest BCUT2D eigenvalue weighted by Gasteiger charge is 2.56. The lowest BCUT2D eigenvalue weighted by Crippen LogP contribution is -2.32. The van der Waals surface area contributed by atoms with Crippen LogP contribution in [0.4, 0.5) is 24.5 Å². The molecule has 2 aliphatic heterocycles. The van der Waals surface area contributed by atoms with Crippen molar-refractivity contribution in [1.82, 2.24) is 4.98 Å². The molecule has 1 aromatic heterocycles. The first-order chi connectivity index (χ1) is 20.1. The Hall–Kier alpha value is -4.36. The number of imide groups is 1. The van der Waals surface area contributed by atoms with Crippen molar-refractivity contribution in [3.05, 3.63) is 105 Å². The zero-order chi connectivity index (χ0) is 29.6. The van der Waals surface area contributed by atoms with Crippen LogP contribution < -0.4 is 19.8 Å². The van der Waals surface area contributed by atoms with Crippen molar-refractivity contribution in [2.45, 2.75) is 22.4 Å². The highest BCUT2D eigenvalue weighted by Crippen LogP contribution is 2.53. The third-order valence-corrected chi connectivity index (χ3v) is 9.32. The summed E-state index contributed by atoms with van der Waals surface area (Å²) in [6.07, 6.45) is -4.54. The third-order valence-electron chi connectivity index (χ3n) is 6.92. The molecule has 4 aromatic rings. The lowest BCUT2D eigenvalue weighted by Gasteiger charge is -2.29. The Bertz CT molecular complexity index is 1740. The summed E-state index contributed by atoms with van der Waals surface area (Å²) in [5.74, 6) is -2.36. The number of hydrogen-bond acceptors (Lipinski definition) is 7. The van der Waals surface area contributed by atoms with Crippen LogP contribution in [0.1, 0.15) is 21.9 Å². The third kappa shape index (κ3) is 5.21. The van der Waals surface area contributed by atoms with Crippen molar-refractivity contribution in [3.8, 4) is 5.75 Å². The molecule has 2 N–H and O–H groups in total. The average molecular weight is 612 g/mol. The maximum Gasteiger partial charge on any atom is 0.416 e. The zero-order valence-corrected chi connectivity index (χ0v) is 23.0. The molecule has 2 aliphatic rings. The number of hydrogen-bond donors (Lipinski definition) is 2. The van der Waals surface area contributed by atoms with E-state index in [0.717, 1.165) is 23.5 Å². The summed E-state index contributed by atoms with van der Waals surface area (Å²) in [5, 5.41) is 2.21. The number of anilines is 2. The number of nitrogens with zero attached hydrogens (tertiary/aromatic N) is 1. The predicted octanol–water partition coefficient (Wildman–Crippen LogP) is 5.27. The van der Waals surface area contributed by atoms with Gasteiger partial charge in [0, 0.05) is 16.5 Å². The number of benzene rings is 3. The molecule has 214 valence electrons. The van der Waals surface area contributed by atoms with Crippen LogP contribution in [0.15, 0.2) is 88.7 Å². The molecule has 3 amide bonds. The summed E-state index contributed by atoms with van der Waals surface area (Å²) in [6.45, 7) is -0.455. The minimum absolute atomic E-state index is 0.0138. The number of thioether (sulfide) groups is 1. The number of carbonyl (C=O) groups excluding carboxylic acids is 3. The van der Waals surface area contributed by atoms with Crippen LogP contribution in [0.25, 0.3) is 0 Å². The highest BCUT2D eigenvalue weighted by atomic mass is 32.2. The summed E-state index contributed by atoms with van der Waals surface area (Å²) < 4.78 is 44.4. The molecule has 0 aliphatic carbocycles. The van der Waals surface area contributed by atoms with Crippen LogP contribution in [-0.2, 0) is 20.6 Å². The van der Waals surface area contributed by atoms with Crippen molar-refractivity contribution in [3.63, 3.8) is 0 Å². The molecule has 0 spiro atoms. The fourth-order valence-corrected chi connectivity index (χ4v) is 7.61. The number of carbonyl (C=O) groups is 3. The molecular weight excluding hydrogens is 591 g/mol. The molecule has 3 aromatic carbocycles. The van der Waals surface area contributed by atoms with Gasteiger partial charge < -0.3 is 15.0 Å². The molecule has 8 nitrogen and oxygen atoms in total. The molecule has 0 saturated carbocycles. The first-order valence-electron chi connectivity index (χ1n) is 12.6. The summed E-state index contributed by atoms with van der Waals surface area (Å²) in [6, 6.07) is 19.5. The van der Waals surface area contributed by atoms with E-state index >= 15 is 0 Å². The van der Waals surface area contributed by atoms with Gasteiger partial charge in [0.15, 0.2) is 6.61 Å². The van der Waals surface area contributed by atoms with Crippen LogP contribution >= 0.6 is 23.1 Å². The smallest absolute Gasteiger partial charge is 0.416 e. The Morgan fingerprint density at radius 2 is 1.69 bits per heavy atom. The summed E-state index contributed by atoms with van der Waals surface area (Å²) >= 11 is 2.18. The van der Waals surface area contributed by atoms with Crippen molar-refractivity contribution in [2.24, 2.45) is 5.92 Å². The van der Waals surface area contributed by atoms with Crippen LogP contribution in [0.2, 0.25) is 0 Å². The molecule has 0 radical (unpaired) electrons. The lowest BCUT2D eigenvalue weighted by atomic mass is 9.83. The van der Waals surface area contributed by atoms with Crippen LogP contribution in [-0.4, -0.2) is 34.6 Å². The van der Waals surface area contributed by atoms with Gasteiger partial charge in [-0.25, -0.2) is 4.90 Å². The molecular formula is C29H20F3N3O5S2. The number of amides is 3. The van der Waals surface area contributed by atoms with Crippen LogP contribution in [0, 0.1) is 5.92 Å². The predicted molar refractivity (Wildman–Crippen MR) is 151 cm³/mol. The van der Waals surface area contributed by atoms with Crippen molar-refractivity contribution in [1.29, 1.82) is 0 Å². The number of fused-ring (bicyclic) bond motifs is 2. The number of rotatable bonds is 6. The quantitative estimate of drug-likeness (QED) is 0.288. The van der Waals surface area contributed by atoms with Crippen molar-refractivity contribution in [2.75, 3.05) is 16.8 Å². The fourth-order valence-electron chi connectivity index (χ4n) is 5.10. The van der Waals surface area contributed by atoms with Gasteiger partial charge in [-0.2, -0.15) is 13.2 Å². The van der Waals surface area contributed by atoms with Gasteiger partial charge in [-0.3, -0.25) is 19.2 Å². The molecule has 42 heavy (non-hydrogen) atoms. The van der Waals surface area contributed by atoms with Gasteiger partial charge in [0.05, 0.1) is 22.2 Å². The van der Waals surface area contributed by atoms with E-state index in [1.165, 1.54) is 28.8 Å². The second-order valence-corrected chi connectivity index (χ2v) is 11.7. The first kappa shape index (κ1) is 27.8. The first-order valence-corrected chi connectivity index (χ1v) is 14.3. The van der Waals surface area contributed by atoms with Gasteiger partial charge in [0.1, 0.15) is 11.0 Å². The van der Waals surface area contributed by atoms with Gasteiger partial charge in [-0.15, -0.1) is 0 Å². The Kier molecular flexibility index (Phi) is 7.15. The Labute approximate surface area is 244 Å². The fraction of sp³-hybridized carbons (Fsp3) is 0.172. The SMILES string of the molecule is O=C(COc1ccc([C@@H]2c3sc(=O)[nH]c3S[C@H]3C(=O)N(c4ccccc4)C(=O)[C@@H]23)cc1)Nc1cccc(C(F)(F)F)c1. The number of nitrogens with one attached hydrogen (secondary N) is 2. The molecule has 13 heteroatoms. The summed E-state index contributed by atoms with van der Waals surface area (Å²) in [7, 11) is 0. The van der Waals surface area contributed by atoms with Gasteiger partial charge in [-0.1, -0.05) is 59.5 Å². The second-order valence-electron chi connectivity index (χ2n) is 9.58. The molecule has 0 bridgehead atoms. The molecule has 1 fully saturated rings. The van der Waals surface area contributed by atoms with E-state index < -0.39 is 41.3 Å². The van der Waals surface area contributed by atoms with E-state index in [1.54, 1.807) is 54.6 Å². The number of para-hydroxylation sites is 1. The van der Waals surface area contributed by atoms with E-state index in [1.807, 2.05) is 0 Å². The number of H-pyrrole nitrogens is 1. The maximum absolute atomic E-state index is 13.7. The van der Waals surface area contributed by atoms with Crippen LogP contribution in [0.3, 0.4) is 0 Å². The second kappa shape index (κ2) is 10.8. The maximum atomic E-state index is 13.7. The lowest BCUT2D eigenvalue weighted by molar-refractivity contribution is -0.137. The van der Waals surface area contributed by atoms with E-state index in [4.69, 9.17) is 4.74 Å². The zero-order valence-electron chi connectivity index (χ0n) is 21.4. The molecule has 1 saturated heterocycles. The number of thiazole rings is 1. The monoisotopic (exact) mass is 611 g/mol. The molecule has 0 unspecified atom stereocenters. The van der Waals surface area contributed by atoms with E-state index in [-0.39, 0.29) is 22.4 Å². The largest absolute Gasteiger partial charge is 0.484 e. The number of alkyl halides is 3. The van der Waals surface area contributed by atoms with Gasteiger partial charge in [-0.05, 0) is 48.0 Å². The number of ether oxygens (including phenoxy) is 1. The Morgan fingerprint density at radius 1 is 0.952 bits per heavy atom.